The molecule has 5 nitrogen and oxygen atoms in total. The van der Waals surface area contributed by atoms with Crippen LogP contribution >= 0.6 is 0 Å². The Balaban J connectivity index is 2.70. The third kappa shape index (κ3) is 5.55. The largest absolute Gasteiger partial charge is 0.383 e. The molecule has 0 aromatic heterocycles. The van der Waals surface area contributed by atoms with Gasteiger partial charge in [0.1, 0.15) is 0 Å². The van der Waals surface area contributed by atoms with Crippen LogP contribution in [0.2, 0.25) is 0 Å². The Bertz CT molecular complexity index is 486. The number of carbonyl (C=O) groups excluding carboxylic acids is 2. The van der Waals surface area contributed by atoms with E-state index in [4.69, 9.17) is 4.74 Å². The molecule has 0 atom stereocenters. The van der Waals surface area contributed by atoms with Crippen molar-refractivity contribution in [3.63, 3.8) is 0 Å². The fraction of sp³-hybridized carbons (Fsp3) is 0.500. The molecule has 0 radical (unpaired) electrons. The van der Waals surface area contributed by atoms with Crippen LogP contribution in [0.1, 0.15) is 32.3 Å². The lowest BCUT2D eigenvalue weighted by Gasteiger charge is -2.21. The van der Waals surface area contributed by atoms with Crippen LogP contribution in [0.15, 0.2) is 24.3 Å². The summed E-state index contributed by atoms with van der Waals surface area (Å²) < 4.78 is 4.95. The van der Waals surface area contributed by atoms with E-state index in [0.29, 0.717) is 19.1 Å². The molecule has 116 valence electrons. The lowest BCUT2D eigenvalue weighted by atomic mass is 10.0. The van der Waals surface area contributed by atoms with E-state index in [1.165, 1.54) is 11.8 Å². The molecule has 1 aromatic carbocycles. The minimum absolute atomic E-state index is 0.0329. The number of nitrogens with one attached hydrogen (secondary N) is 1. The standard InChI is InChI=1S/C16H24N2O3/c1-12(2)14-7-5-6-8-15(14)17-16(20)11-18(13(3)19)9-10-21-4/h5-8,12H,9-11H2,1-4H3,(H,17,20). The average Bonchev–Trinajstić information content (AvgIpc) is 2.43. The second-order valence-electron chi connectivity index (χ2n) is 5.22. The summed E-state index contributed by atoms with van der Waals surface area (Å²) >= 11 is 0. The van der Waals surface area contributed by atoms with E-state index >= 15 is 0 Å². The zero-order valence-corrected chi connectivity index (χ0v) is 13.2. The molecule has 0 saturated heterocycles. The van der Waals surface area contributed by atoms with Crippen LogP contribution in [-0.2, 0) is 14.3 Å². The Morgan fingerprint density at radius 2 is 1.95 bits per heavy atom. The van der Waals surface area contributed by atoms with Gasteiger partial charge in [-0.1, -0.05) is 32.0 Å². The number of nitrogens with zero attached hydrogens (tertiary/aromatic N) is 1. The quantitative estimate of drug-likeness (QED) is 0.838. The topological polar surface area (TPSA) is 58.6 Å². The summed E-state index contributed by atoms with van der Waals surface area (Å²) in [4.78, 5) is 25.1. The highest BCUT2D eigenvalue weighted by atomic mass is 16.5. The van der Waals surface area contributed by atoms with Crippen LogP contribution in [0, 0.1) is 0 Å². The van der Waals surface area contributed by atoms with Crippen molar-refractivity contribution in [1.82, 2.24) is 4.90 Å². The van der Waals surface area contributed by atoms with Gasteiger partial charge >= 0.3 is 0 Å². The smallest absolute Gasteiger partial charge is 0.244 e. The van der Waals surface area contributed by atoms with E-state index in [1.807, 2.05) is 24.3 Å². The Morgan fingerprint density at radius 1 is 1.29 bits per heavy atom. The van der Waals surface area contributed by atoms with Gasteiger partial charge in [-0.3, -0.25) is 9.59 Å². The van der Waals surface area contributed by atoms with E-state index in [-0.39, 0.29) is 18.4 Å². The van der Waals surface area contributed by atoms with E-state index in [0.717, 1.165) is 11.3 Å². The fourth-order valence-electron chi connectivity index (χ4n) is 2.03. The first-order chi connectivity index (χ1) is 9.95. The lowest BCUT2D eigenvalue weighted by Crippen LogP contribution is -2.38. The Hall–Kier alpha value is -1.88. The summed E-state index contributed by atoms with van der Waals surface area (Å²) in [5.41, 5.74) is 1.88. The molecule has 2 amide bonds. The van der Waals surface area contributed by atoms with E-state index < -0.39 is 0 Å². The number of anilines is 1. The molecule has 0 bridgehead atoms. The number of amides is 2. The molecule has 5 heteroatoms. The lowest BCUT2D eigenvalue weighted by molar-refractivity contribution is -0.133. The molecular formula is C16H24N2O3. The first-order valence-electron chi connectivity index (χ1n) is 7.09. The summed E-state index contributed by atoms with van der Waals surface area (Å²) in [6.45, 7) is 6.45. The molecule has 0 aliphatic rings. The van der Waals surface area contributed by atoms with E-state index in [2.05, 4.69) is 19.2 Å². The molecule has 1 N–H and O–H groups in total. The molecule has 0 spiro atoms. The van der Waals surface area contributed by atoms with Crippen LogP contribution in [0.4, 0.5) is 5.69 Å². The first-order valence-corrected chi connectivity index (χ1v) is 7.09. The van der Waals surface area contributed by atoms with E-state index in [9.17, 15) is 9.59 Å². The number of rotatable bonds is 7. The third-order valence-corrected chi connectivity index (χ3v) is 3.20. The van der Waals surface area contributed by atoms with Gasteiger partial charge in [0.2, 0.25) is 11.8 Å². The molecule has 1 rings (SSSR count). The van der Waals surface area contributed by atoms with Crippen LogP contribution in [-0.4, -0.2) is 43.5 Å². The minimum atomic E-state index is -0.200. The van der Waals surface area contributed by atoms with Crippen LogP contribution < -0.4 is 5.32 Å². The predicted molar refractivity (Wildman–Crippen MR) is 83.3 cm³/mol. The van der Waals surface area contributed by atoms with Crippen molar-refractivity contribution in [2.24, 2.45) is 0 Å². The molecular weight excluding hydrogens is 268 g/mol. The third-order valence-electron chi connectivity index (χ3n) is 3.20. The molecule has 21 heavy (non-hydrogen) atoms. The van der Waals surface area contributed by atoms with Gasteiger partial charge in [0.15, 0.2) is 0 Å². The van der Waals surface area contributed by atoms with Gasteiger partial charge in [-0.25, -0.2) is 0 Å². The Kier molecular flexibility index (Phi) is 6.88. The number of methoxy groups -OCH3 is 1. The number of hydrogen-bond acceptors (Lipinski definition) is 3. The molecule has 0 aliphatic carbocycles. The van der Waals surface area contributed by atoms with Crippen molar-refractivity contribution in [3.8, 4) is 0 Å². The maximum atomic E-state index is 12.1. The van der Waals surface area contributed by atoms with Crippen molar-refractivity contribution < 1.29 is 14.3 Å². The number of hydrogen-bond donors (Lipinski definition) is 1. The van der Waals surface area contributed by atoms with Crippen molar-refractivity contribution in [2.75, 3.05) is 32.1 Å². The summed E-state index contributed by atoms with van der Waals surface area (Å²) in [5, 5.41) is 2.88. The highest BCUT2D eigenvalue weighted by Crippen LogP contribution is 2.23. The molecule has 0 fully saturated rings. The molecule has 0 aliphatic heterocycles. The van der Waals surface area contributed by atoms with Gasteiger partial charge in [-0.05, 0) is 17.5 Å². The highest BCUT2D eigenvalue weighted by molar-refractivity contribution is 5.95. The van der Waals surface area contributed by atoms with Gasteiger partial charge in [0.25, 0.3) is 0 Å². The van der Waals surface area contributed by atoms with Gasteiger partial charge in [-0.15, -0.1) is 0 Å². The monoisotopic (exact) mass is 292 g/mol. The molecule has 0 saturated carbocycles. The number of ether oxygens (including phenoxy) is 1. The van der Waals surface area contributed by atoms with Crippen molar-refractivity contribution >= 4 is 17.5 Å². The zero-order chi connectivity index (χ0) is 15.8. The molecule has 1 aromatic rings. The summed E-state index contributed by atoms with van der Waals surface area (Å²) in [5.74, 6) is -0.0207. The highest BCUT2D eigenvalue weighted by Gasteiger charge is 2.15. The number of para-hydroxylation sites is 1. The summed E-state index contributed by atoms with van der Waals surface area (Å²) in [6.07, 6.45) is 0. The second-order valence-corrected chi connectivity index (χ2v) is 5.22. The maximum Gasteiger partial charge on any atom is 0.244 e. The zero-order valence-electron chi connectivity index (χ0n) is 13.2. The van der Waals surface area contributed by atoms with Crippen LogP contribution in [0.5, 0.6) is 0 Å². The van der Waals surface area contributed by atoms with Crippen molar-refractivity contribution in [1.29, 1.82) is 0 Å². The maximum absolute atomic E-state index is 12.1. The van der Waals surface area contributed by atoms with E-state index in [1.54, 1.807) is 7.11 Å². The van der Waals surface area contributed by atoms with Crippen molar-refractivity contribution in [3.05, 3.63) is 29.8 Å². The summed E-state index contributed by atoms with van der Waals surface area (Å²) in [7, 11) is 1.57. The molecule has 0 unspecified atom stereocenters. The SMILES string of the molecule is COCCN(CC(=O)Nc1ccccc1C(C)C)C(C)=O. The van der Waals surface area contributed by atoms with Gasteiger partial charge < -0.3 is 15.0 Å². The summed E-state index contributed by atoms with van der Waals surface area (Å²) in [6, 6.07) is 7.70. The van der Waals surface area contributed by atoms with Crippen molar-refractivity contribution in [2.45, 2.75) is 26.7 Å². The molecule has 0 heterocycles. The van der Waals surface area contributed by atoms with Gasteiger partial charge in [-0.2, -0.15) is 0 Å². The fourth-order valence-corrected chi connectivity index (χ4v) is 2.03. The predicted octanol–water partition coefficient (Wildman–Crippen LogP) is 2.24. The van der Waals surface area contributed by atoms with Crippen LogP contribution in [0.25, 0.3) is 0 Å². The van der Waals surface area contributed by atoms with Gasteiger partial charge in [0, 0.05) is 26.3 Å². The Morgan fingerprint density at radius 3 is 2.52 bits per heavy atom. The number of carbonyl (C=O) groups is 2. The average molecular weight is 292 g/mol. The van der Waals surface area contributed by atoms with Gasteiger partial charge in [0.05, 0.1) is 13.2 Å². The second kappa shape index (κ2) is 8.42. The Labute approximate surface area is 126 Å². The van der Waals surface area contributed by atoms with Crippen LogP contribution in [0.3, 0.4) is 0 Å². The first kappa shape index (κ1) is 17.2. The normalized spacial score (nSPS) is 10.5. The number of benzene rings is 1. The minimum Gasteiger partial charge on any atom is -0.383 e.